The summed E-state index contributed by atoms with van der Waals surface area (Å²) in [4.78, 5) is 20.6. The summed E-state index contributed by atoms with van der Waals surface area (Å²) in [5, 5.41) is 14.2. The molecule has 1 aliphatic heterocycles. The van der Waals surface area contributed by atoms with Crippen LogP contribution >= 0.6 is 0 Å². The van der Waals surface area contributed by atoms with Crippen LogP contribution in [0.4, 0.5) is 23.1 Å². The normalized spacial score (nSPS) is 17.6. The van der Waals surface area contributed by atoms with Gasteiger partial charge in [0.1, 0.15) is 0 Å². The number of carbonyl (C=O) groups is 1. The van der Waals surface area contributed by atoms with Gasteiger partial charge in [0.05, 0.1) is 0 Å². The molecule has 1 saturated heterocycles. The van der Waals surface area contributed by atoms with E-state index in [-0.39, 0.29) is 5.69 Å². The molecule has 0 radical (unpaired) electrons. The summed E-state index contributed by atoms with van der Waals surface area (Å²) in [6.07, 6.45) is 2.11. The number of benzene rings is 1. The molecule has 9 nitrogen and oxygen atoms in total. The average Bonchev–Trinajstić information content (AvgIpc) is 3.47. The topological polar surface area (TPSA) is 112 Å². The molecule has 2 heterocycles. The van der Waals surface area contributed by atoms with E-state index in [4.69, 9.17) is 5.73 Å². The summed E-state index contributed by atoms with van der Waals surface area (Å²) in [7, 11) is 2.15. The molecule has 1 saturated carbocycles. The number of nitrogens with one attached hydrogen (secondary N) is 2. The molecule has 9 heteroatoms. The molecule has 1 aliphatic carbocycles. The van der Waals surface area contributed by atoms with Crippen LogP contribution in [0.25, 0.3) is 0 Å². The van der Waals surface area contributed by atoms with Crippen LogP contribution in [-0.2, 0) is 0 Å². The van der Waals surface area contributed by atoms with E-state index in [0.717, 1.165) is 44.7 Å². The van der Waals surface area contributed by atoms with Crippen LogP contribution < -0.4 is 21.3 Å². The maximum atomic E-state index is 11.5. The molecule has 0 bridgehead atoms. The number of anilines is 4. The molecular weight excluding hydrogens is 344 g/mol. The number of hydrogen-bond acceptors (Lipinski definition) is 8. The molecule has 142 valence electrons. The highest BCUT2D eigenvalue weighted by molar-refractivity contribution is 5.95. The van der Waals surface area contributed by atoms with Crippen molar-refractivity contribution in [2.24, 2.45) is 5.73 Å². The van der Waals surface area contributed by atoms with Gasteiger partial charge >= 0.3 is 0 Å². The number of rotatable bonds is 6. The van der Waals surface area contributed by atoms with Crippen LogP contribution in [0, 0.1) is 0 Å². The zero-order valence-electron chi connectivity index (χ0n) is 15.4. The Morgan fingerprint density at radius 3 is 2.44 bits per heavy atom. The van der Waals surface area contributed by atoms with Crippen LogP contribution in [0.2, 0.25) is 0 Å². The number of piperazine rings is 1. The van der Waals surface area contributed by atoms with Gasteiger partial charge in [-0.15, -0.1) is 10.2 Å². The number of hydrogen-bond donors (Lipinski definition) is 3. The molecule has 4 N–H and O–H groups in total. The van der Waals surface area contributed by atoms with Crippen molar-refractivity contribution >= 4 is 29.0 Å². The number of likely N-dealkylation sites (N-methyl/N-ethyl adjacent to an activating group) is 1. The lowest BCUT2D eigenvalue weighted by molar-refractivity contribution is 0.0995. The summed E-state index contributed by atoms with van der Waals surface area (Å²) < 4.78 is 0. The lowest BCUT2D eigenvalue weighted by Gasteiger charge is -2.34. The third-order valence-electron chi connectivity index (χ3n) is 4.83. The summed E-state index contributed by atoms with van der Waals surface area (Å²) >= 11 is 0. The van der Waals surface area contributed by atoms with E-state index < -0.39 is 5.91 Å². The van der Waals surface area contributed by atoms with E-state index >= 15 is 0 Å². The fourth-order valence-corrected chi connectivity index (χ4v) is 3.02. The zero-order valence-corrected chi connectivity index (χ0v) is 15.4. The molecule has 2 aromatic rings. The van der Waals surface area contributed by atoms with Crippen molar-refractivity contribution in [3.8, 4) is 0 Å². The first kappa shape index (κ1) is 17.5. The van der Waals surface area contributed by atoms with Gasteiger partial charge in [0, 0.05) is 43.6 Å². The zero-order chi connectivity index (χ0) is 18.8. The van der Waals surface area contributed by atoms with Crippen LogP contribution in [0.1, 0.15) is 23.3 Å². The van der Waals surface area contributed by atoms with Crippen molar-refractivity contribution in [2.45, 2.75) is 18.9 Å². The van der Waals surface area contributed by atoms with E-state index in [1.807, 2.05) is 12.1 Å². The van der Waals surface area contributed by atoms with Crippen molar-refractivity contribution in [1.82, 2.24) is 20.1 Å². The lowest BCUT2D eigenvalue weighted by atomic mass is 10.2. The average molecular weight is 368 g/mol. The van der Waals surface area contributed by atoms with E-state index in [1.54, 1.807) is 0 Å². The van der Waals surface area contributed by atoms with Gasteiger partial charge in [0.2, 0.25) is 5.95 Å². The standard InChI is InChI=1S/C18H24N8O/c1-25-8-10-26(11-9-25)14-6-4-13(5-7-14)21-18-22-17(20-12-2-3-12)15(16(19)27)23-24-18/h4-7,12H,2-3,8-11H2,1H3,(H2,19,27)(H2,20,21,22,24). The second-order valence-electron chi connectivity index (χ2n) is 7.08. The number of amides is 1. The fourth-order valence-electron chi connectivity index (χ4n) is 3.02. The van der Waals surface area contributed by atoms with Gasteiger partial charge in [-0.1, -0.05) is 0 Å². The monoisotopic (exact) mass is 368 g/mol. The Morgan fingerprint density at radius 2 is 1.81 bits per heavy atom. The molecule has 1 amide bonds. The third kappa shape index (κ3) is 4.25. The van der Waals surface area contributed by atoms with Gasteiger partial charge in [-0.2, -0.15) is 4.98 Å². The van der Waals surface area contributed by atoms with Crippen molar-refractivity contribution in [1.29, 1.82) is 0 Å². The predicted octanol–water partition coefficient (Wildman–Crippen LogP) is 1.04. The molecule has 27 heavy (non-hydrogen) atoms. The minimum Gasteiger partial charge on any atom is -0.369 e. The number of aromatic nitrogens is 3. The number of nitrogens with zero attached hydrogens (tertiary/aromatic N) is 5. The highest BCUT2D eigenvalue weighted by Gasteiger charge is 2.25. The Balaban J connectivity index is 1.46. The van der Waals surface area contributed by atoms with Gasteiger partial charge in [0.15, 0.2) is 11.5 Å². The molecule has 1 aromatic carbocycles. The first-order valence-electron chi connectivity index (χ1n) is 9.20. The third-order valence-corrected chi connectivity index (χ3v) is 4.83. The highest BCUT2D eigenvalue weighted by Crippen LogP contribution is 2.26. The molecule has 2 fully saturated rings. The Labute approximate surface area is 158 Å². The van der Waals surface area contributed by atoms with Crippen LogP contribution in [0.15, 0.2) is 24.3 Å². The first-order chi connectivity index (χ1) is 13.1. The van der Waals surface area contributed by atoms with E-state index in [2.05, 4.69) is 54.8 Å². The molecule has 2 aliphatic rings. The summed E-state index contributed by atoms with van der Waals surface area (Å²) in [5.74, 6) is 0.0771. The lowest BCUT2D eigenvalue weighted by Crippen LogP contribution is -2.44. The van der Waals surface area contributed by atoms with Crippen LogP contribution in [0.3, 0.4) is 0 Å². The van der Waals surface area contributed by atoms with Crippen molar-refractivity contribution in [3.63, 3.8) is 0 Å². The second-order valence-corrected chi connectivity index (χ2v) is 7.08. The smallest absolute Gasteiger partial charge is 0.273 e. The first-order valence-corrected chi connectivity index (χ1v) is 9.20. The number of primary amides is 1. The number of nitrogens with two attached hydrogens (primary N) is 1. The quantitative estimate of drug-likeness (QED) is 0.693. The molecular formula is C18H24N8O. The van der Waals surface area contributed by atoms with Crippen LogP contribution in [-0.4, -0.2) is 65.3 Å². The van der Waals surface area contributed by atoms with Gasteiger partial charge in [0.25, 0.3) is 5.91 Å². The second kappa shape index (κ2) is 7.36. The Kier molecular flexibility index (Phi) is 4.76. The fraction of sp³-hybridized carbons (Fsp3) is 0.444. The predicted molar refractivity (Wildman–Crippen MR) is 104 cm³/mol. The van der Waals surface area contributed by atoms with Gasteiger partial charge < -0.3 is 26.2 Å². The summed E-state index contributed by atoms with van der Waals surface area (Å²) in [5.41, 5.74) is 7.49. The molecule has 4 rings (SSSR count). The summed E-state index contributed by atoms with van der Waals surface area (Å²) in [6.45, 7) is 4.20. The minimum atomic E-state index is -0.638. The van der Waals surface area contributed by atoms with E-state index in [0.29, 0.717) is 17.8 Å². The molecule has 1 aromatic heterocycles. The minimum absolute atomic E-state index is 0.0675. The van der Waals surface area contributed by atoms with Gasteiger partial charge in [-0.05, 0) is 44.2 Å². The van der Waals surface area contributed by atoms with Gasteiger partial charge in [-0.25, -0.2) is 0 Å². The van der Waals surface area contributed by atoms with E-state index in [9.17, 15) is 4.79 Å². The van der Waals surface area contributed by atoms with Crippen molar-refractivity contribution in [3.05, 3.63) is 30.0 Å². The highest BCUT2D eigenvalue weighted by atomic mass is 16.1. The SMILES string of the molecule is CN1CCN(c2ccc(Nc3nnc(C(N)=O)c(NC4CC4)n3)cc2)CC1. The van der Waals surface area contributed by atoms with Crippen LogP contribution in [0.5, 0.6) is 0 Å². The van der Waals surface area contributed by atoms with Crippen molar-refractivity contribution < 1.29 is 4.79 Å². The molecule has 0 unspecified atom stereocenters. The largest absolute Gasteiger partial charge is 0.369 e. The number of carbonyl (C=O) groups excluding carboxylic acids is 1. The summed E-state index contributed by atoms with van der Waals surface area (Å²) in [6, 6.07) is 8.49. The Morgan fingerprint density at radius 1 is 1.11 bits per heavy atom. The molecule has 0 atom stereocenters. The maximum absolute atomic E-state index is 11.5. The Hall–Kier alpha value is -2.94. The Bertz CT molecular complexity index is 813. The molecule has 0 spiro atoms. The van der Waals surface area contributed by atoms with Crippen molar-refractivity contribution in [2.75, 3.05) is 48.8 Å². The van der Waals surface area contributed by atoms with Gasteiger partial charge in [-0.3, -0.25) is 4.79 Å². The maximum Gasteiger partial charge on any atom is 0.273 e. The van der Waals surface area contributed by atoms with E-state index in [1.165, 1.54) is 5.69 Å².